The first-order chi connectivity index (χ1) is 12.6. The van der Waals surface area contributed by atoms with Gasteiger partial charge in [0.05, 0.1) is 12.8 Å². The van der Waals surface area contributed by atoms with E-state index in [1.807, 2.05) is 72.9 Å². The van der Waals surface area contributed by atoms with Crippen molar-refractivity contribution in [3.05, 3.63) is 88.4 Å². The standard InChI is InChI=1S/C22H20ClNO2/c1-16-6-9-20(10-7-16)24-14-17-8-11-21(22(13-17)25-2)26-15-18-4-3-5-19(23)12-18/h3-14H,15H2,1-2H3. The van der Waals surface area contributed by atoms with Crippen LogP contribution in [0.4, 0.5) is 5.69 Å². The topological polar surface area (TPSA) is 30.8 Å². The minimum Gasteiger partial charge on any atom is -0.493 e. The third kappa shape index (κ3) is 4.87. The van der Waals surface area contributed by atoms with Crippen molar-refractivity contribution in [1.82, 2.24) is 0 Å². The molecule has 0 bridgehead atoms. The van der Waals surface area contributed by atoms with E-state index in [4.69, 9.17) is 21.1 Å². The Morgan fingerprint density at radius 1 is 0.962 bits per heavy atom. The Morgan fingerprint density at radius 3 is 2.50 bits per heavy atom. The summed E-state index contributed by atoms with van der Waals surface area (Å²) in [7, 11) is 1.63. The lowest BCUT2D eigenvalue weighted by Gasteiger charge is -2.11. The third-order valence-electron chi connectivity index (χ3n) is 3.87. The second-order valence-corrected chi connectivity index (χ2v) is 6.36. The lowest BCUT2D eigenvalue weighted by Crippen LogP contribution is -1.98. The zero-order chi connectivity index (χ0) is 18.4. The minimum absolute atomic E-state index is 0.424. The number of hydrogen-bond donors (Lipinski definition) is 0. The first kappa shape index (κ1) is 18.0. The molecule has 4 heteroatoms. The summed E-state index contributed by atoms with van der Waals surface area (Å²) in [6, 6.07) is 21.4. The SMILES string of the molecule is COc1cc(C=Nc2ccc(C)cc2)ccc1OCc1cccc(Cl)c1. The second-order valence-electron chi connectivity index (χ2n) is 5.92. The van der Waals surface area contributed by atoms with Crippen molar-refractivity contribution >= 4 is 23.5 Å². The van der Waals surface area contributed by atoms with Gasteiger partial charge in [-0.3, -0.25) is 4.99 Å². The van der Waals surface area contributed by atoms with Crippen molar-refractivity contribution in [3.8, 4) is 11.5 Å². The molecule has 0 radical (unpaired) electrons. The highest BCUT2D eigenvalue weighted by atomic mass is 35.5. The van der Waals surface area contributed by atoms with Crippen molar-refractivity contribution < 1.29 is 9.47 Å². The summed E-state index contributed by atoms with van der Waals surface area (Å²) in [4.78, 5) is 4.49. The van der Waals surface area contributed by atoms with Gasteiger partial charge in [0.1, 0.15) is 6.61 Å². The van der Waals surface area contributed by atoms with Crippen LogP contribution in [-0.4, -0.2) is 13.3 Å². The lowest BCUT2D eigenvalue weighted by molar-refractivity contribution is 0.284. The number of rotatable bonds is 6. The predicted octanol–water partition coefficient (Wildman–Crippen LogP) is 5.99. The largest absolute Gasteiger partial charge is 0.493 e. The van der Waals surface area contributed by atoms with E-state index in [0.29, 0.717) is 23.1 Å². The van der Waals surface area contributed by atoms with Crippen LogP contribution < -0.4 is 9.47 Å². The van der Waals surface area contributed by atoms with Gasteiger partial charge in [-0.15, -0.1) is 0 Å². The van der Waals surface area contributed by atoms with Gasteiger partial charge in [-0.1, -0.05) is 41.4 Å². The molecule has 0 N–H and O–H groups in total. The van der Waals surface area contributed by atoms with Crippen LogP contribution in [-0.2, 0) is 6.61 Å². The van der Waals surface area contributed by atoms with Crippen LogP contribution >= 0.6 is 11.6 Å². The number of aryl methyl sites for hydroxylation is 1. The van der Waals surface area contributed by atoms with Gasteiger partial charge in [0.15, 0.2) is 11.5 Å². The van der Waals surface area contributed by atoms with Crippen molar-refractivity contribution in [1.29, 1.82) is 0 Å². The van der Waals surface area contributed by atoms with Gasteiger partial charge in [-0.2, -0.15) is 0 Å². The van der Waals surface area contributed by atoms with E-state index in [1.165, 1.54) is 5.56 Å². The average Bonchev–Trinajstić information content (AvgIpc) is 2.66. The molecule has 132 valence electrons. The number of ether oxygens (including phenoxy) is 2. The molecule has 26 heavy (non-hydrogen) atoms. The number of methoxy groups -OCH3 is 1. The molecular weight excluding hydrogens is 346 g/mol. The summed E-state index contributed by atoms with van der Waals surface area (Å²) in [5.74, 6) is 1.35. The summed E-state index contributed by atoms with van der Waals surface area (Å²) in [6.45, 7) is 2.48. The first-order valence-electron chi connectivity index (χ1n) is 8.30. The molecule has 0 aromatic heterocycles. The second kappa shape index (κ2) is 8.54. The van der Waals surface area contributed by atoms with Gasteiger partial charge in [0.25, 0.3) is 0 Å². The zero-order valence-electron chi connectivity index (χ0n) is 14.8. The maximum atomic E-state index is 6.01. The van der Waals surface area contributed by atoms with Gasteiger partial charge in [0, 0.05) is 11.2 Å². The van der Waals surface area contributed by atoms with Crippen LogP contribution in [0.2, 0.25) is 5.02 Å². The number of hydrogen-bond acceptors (Lipinski definition) is 3. The molecule has 3 aromatic rings. The molecule has 0 aliphatic carbocycles. The summed E-state index contributed by atoms with van der Waals surface area (Å²) in [5, 5.41) is 0.695. The Bertz CT molecular complexity index is 904. The van der Waals surface area contributed by atoms with Gasteiger partial charge in [-0.25, -0.2) is 0 Å². The van der Waals surface area contributed by atoms with Gasteiger partial charge in [-0.05, 0) is 60.5 Å². The van der Waals surface area contributed by atoms with E-state index in [9.17, 15) is 0 Å². The van der Waals surface area contributed by atoms with Gasteiger partial charge >= 0.3 is 0 Å². The zero-order valence-corrected chi connectivity index (χ0v) is 15.5. The van der Waals surface area contributed by atoms with E-state index >= 15 is 0 Å². The highest BCUT2D eigenvalue weighted by Gasteiger charge is 2.06. The average molecular weight is 366 g/mol. The summed E-state index contributed by atoms with van der Waals surface area (Å²) in [5.41, 5.74) is 4.07. The fraction of sp³-hybridized carbons (Fsp3) is 0.136. The summed E-state index contributed by atoms with van der Waals surface area (Å²) in [6.07, 6.45) is 1.81. The number of nitrogens with zero attached hydrogens (tertiary/aromatic N) is 1. The molecule has 0 saturated heterocycles. The third-order valence-corrected chi connectivity index (χ3v) is 4.10. The number of halogens is 1. The van der Waals surface area contributed by atoms with E-state index in [2.05, 4.69) is 11.9 Å². The normalized spacial score (nSPS) is 10.9. The smallest absolute Gasteiger partial charge is 0.161 e. The van der Waals surface area contributed by atoms with Crippen LogP contribution in [0.25, 0.3) is 0 Å². The molecule has 3 rings (SSSR count). The molecular formula is C22H20ClNO2. The Labute approximate surface area is 158 Å². The van der Waals surface area contributed by atoms with Crippen molar-refractivity contribution in [3.63, 3.8) is 0 Å². The Balaban J connectivity index is 1.71. The van der Waals surface area contributed by atoms with Crippen LogP contribution in [0, 0.1) is 6.92 Å². The molecule has 0 aliphatic rings. The lowest BCUT2D eigenvalue weighted by atomic mass is 10.2. The molecule has 0 fully saturated rings. The van der Waals surface area contributed by atoms with Crippen molar-refractivity contribution in [2.45, 2.75) is 13.5 Å². The number of aliphatic imine (C=N–C) groups is 1. The Hall–Kier alpha value is -2.78. The maximum Gasteiger partial charge on any atom is 0.161 e. The van der Waals surface area contributed by atoms with Gasteiger partial charge < -0.3 is 9.47 Å². The van der Waals surface area contributed by atoms with E-state index in [-0.39, 0.29) is 0 Å². The minimum atomic E-state index is 0.424. The van der Waals surface area contributed by atoms with Gasteiger partial charge in [0.2, 0.25) is 0 Å². The fourth-order valence-corrected chi connectivity index (χ4v) is 2.66. The highest BCUT2D eigenvalue weighted by Crippen LogP contribution is 2.29. The Kier molecular flexibility index (Phi) is 5.92. The quantitative estimate of drug-likeness (QED) is 0.502. The van der Waals surface area contributed by atoms with E-state index in [0.717, 1.165) is 16.8 Å². The summed E-state index contributed by atoms with van der Waals surface area (Å²) >= 11 is 6.01. The van der Waals surface area contributed by atoms with Crippen molar-refractivity contribution in [2.75, 3.05) is 7.11 Å². The van der Waals surface area contributed by atoms with Crippen LogP contribution in [0.15, 0.2) is 71.7 Å². The van der Waals surface area contributed by atoms with Crippen LogP contribution in [0.5, 0.6) is 11.5 Å². The molecule has 0 saturated carbocycles. The molecule has 3 nitrogen and oxygen atoms in total. The predicted molar refractivity (Wildman–Crippen MR) is 107 cm³/mol. The molecule has 0 atom stereocenters. The molecule has 0 spiro atoms. The number of benzene rings is 3. The molecule has 0 aliphatic heterocycles. The van der Waals surface area contributed by atoms with Crippen LogP contribution in [0.3, 0.4) is 0 Å². The van der Waals surface area contributed by atoms with E-state index in [1.54, 1.807) is 7.11 Å². The fourth-order valence-electron chi connectivity index (χ4n) is 2.45. The highest BCUT2D eigenvalue weighted by molar-refractivity contribution is 6.30. The maximum absolute atomic E-state index is 6.01. The monoisotopic (exact) mass is 365 g/mol. The van der Waals surface area contributed by atoms with Crippen LogP contribution in [0.1, 0.15) is 16.7 Å². The Morgan fingerprint density at radius 2 is 1.77 bits per heavy atom. The molecule has 0 unspecified atom stereocenters. The van der Waals surface area contributed by atoms with Crippen molar-refractivity contribution in [2.24, 2.45) is 4.99 Å². The first-order valence-corrected chi connectivity index (χ1v) is 8.68. The van der Waals surface area contributed by atoms with E-state index < -0.39 is 0 Å². The molecule has 3 aromatic carbocycles. The molecule has 0 amide bonds. The summed E-state index contributed by atoms with van der Waals surface area (Å²) < 4.78 is 11.3. The molecule has 0 heterocycles.